The fourth-order valence-electron chi connectivity index (χ4n) is 2.61. The van der Waals surface area contributed by atoms with E-state index >= 15 is 0 Å². The first-order valence-corrected chi connectivity index (χ1v) is 8.32. The molecule has 1 aromatic carbocycles. The van der Waals surface area contributed by atoms with Crippen molar-refractivity contribution in [3.8, 4) is 17.2 Å². The van der Waals surface area contributed by atoms with Crippen molar-refractivity contribution in [2.24, 2.45) is 0 Å². The maximum absolute atomic E-state index is 5.38. The van der Waals surface area contributed by atoms with E-state index in [1.807, 2.05) is 37.3 Å². The van der Waals surface area contributed by atoms with E-state index in [1.54, 1.807) is 27.6 Å². The van der Waals surface area contributed by atoms with Crippen molar-refractivity contribution in [1.82, 2.24) is 9.97 Å². The molecule has 0 aliphatic carbocycles. The lowest BCUT2D eigenvalue weighted by molar-refractivity contribution is 0.324. The summed E-state index contributed by atoms with van der Waals surface area (Å²) in [5.74, 6) is 4.43. The Balaban J connectivity index is 1.82. The zero-order chi connectivity index (χ0) is 19.2. The Morgan fingerprint density at radius 2 is 1.67 bits per heavy atom. The second-order valence-corrected chi connectivity index (χ2v) is 5.66. The number of hydrogen-bond donors (Lipinski definition) is 2. The maximum atomic E-state index is 5.38. The van der Waals surface area contributed by atoms with Crippen molar-refractivity contribution in [1.29, 1.82) is 0 Å². The van der Waals surface area contributed by atoms with Gasteiger partial charge in [0, 0.05) is 23.9 Å². The highest BCUT2D eigenvalue weighted by Gasteiger charge is 2.14. The van der Waals surface area contributed by atoms with Gasteiger partial charge in [-0.25, -0.2) is 9.97 Å². The van der Waals surface area contributed by atoms with Gasteiger partial charge in [0.25, 0.3) is 0 Å². The Kier molecular flexibility index (Phi) is 5.65. The number of ether oxygens (including phenoxy) is 3. The molecular formula is C19H22N4O4. The molecular weight excluding hydrogens is 348 g/mol. The largest absolute Gasteiger partial charge is 0.493 e. The predicted molar refractivity (Wildman–Crippen MR) is 102 cm³/mol. The second-order valence-electron chi connectivity index (χ2n) is 5.66. The number of rotatable bonds is 8. The van der Waals surface area contributed by atoms with E-state index in [0.29, 0.717) is 41.3 Å². The highest BCUT2D eigenvalue weighted by molar-refractivity contribution is 5.67. The molecule has 0 atom stereocenters. The molecule has 3 rings (SSSR count). The van der Waals surface area contributed by atoms with E-state index in [0.717, 1.165) is 11.4 Å². The molecule has 0 spiro atoms. The van der Waals surface area contributed by atoms with Crippen molar-refractivity contribution >= 4 is 17.3 Å². The smallest absolute Gasteiger partial charge is 0.203 e. The number of hydrogen-bond acceptors (Lipinski definition) is 8. The van der Waals surface area contributed by atoms with Crippen LogP contribution in [0.15, 0.2) is 41.0 Å². The monoisotopic (exact) mass is 370 g/mol. The van der Waals surface area contributed by atoms with Gasteiger partial charge in [0.05, 0.1) is 34.1 Å². The quantitative estimate of drug-likeness (QED) is 0.619. The lowest BCUT2D eigenvalue weighted by atomic mass is 10.2. The zero-order valence-electron chi connectivity index (χ0n) is 15.7. The molecule has 2 heterocycles. The van der Waals surface area contributed by atoms with Crippen LogP contribution in [0.3, 0.4) is 0 Å². The van der Waals surface area contributed by atoms with Crippen LogP contribution in [0, 0.1) is 6.92 Å². The van der Waals surface area contributed by atoms with Crippen molar-refractivity contribution < 1.29 is 18.6 Å². The van der Waals surface area contributed by atoms with Crippen LogP contribution in [0.1, 0.15) is 11.6 Å². The van der Waals surface area contributed by atoms with Gasteiger partial charge in [-0.15, -0.1) is 0 Å². The lowest BCUT2D eigenvalue weighted by Gasteiger charge is -2.15. The average molecular weight is 370 g/mol. The lowest BCUT2D eigenvalue weighted by Crippen LogP contribution is -2.05. The molecule has 8 heteroatoms. The number of furan rings is 1. The summed E-state index contributed by atoms with van der Waals surface area (Å²) in [7, 11) is 4.72. The van der Waals surface area contributed by atoms with Crippen LogP contribution in [-0.4, -0.2) is 31.3 Å². The molecule has 2 N–H and O–H groups in total. The number of anilines is 3. The zero-order valence-corrected chi connectivity index (χ0v) is 15.7. The van der Waals surface area contributed by atoms with E-state index in [2.05, 4.69) is 20.6 Å². The summed E-state index contributed by atoms with van der Waals surface area (Å²) in [6.07, 6.45) is 1.64. The topological polar surface area (TPSA) is 90.7 Å². The SMILES string of the molecule is COc1cc(Nc2cc(NCc3ccco3)nc(C)n2)cc(OC)c1OC. The van der Waals surface area contributed by atoms with E-state index in [9.17, 15) is 0 Å². The number of aromatic nitrogens is 2. The van der Waals surface area contributed by atoms with Gasteiger partial charge in [-0.2, -0.15) is 0 Å². The van der Waals surface area contributed by atoms with Crippen LogP contribution in [0.4, 0.5) is 17.3 Å². The molecule has 0 amide bonds. The summed E-state index contributed by atoms with van der Waals surface area (Å²) in [5.41, 5.74) is 0.750. The first kappa shape index (κ1) is 18.4. The molecule has 0 bridgehead atoms. The third kappa shape index (κ3) is 4.41. The van der Waals surface area contributed by atoms with E-state index in [-0.39, 0.29) is 0 Å². The number of nitrogens with zero attached hydrogens (tertiary/aromatic N) is 2. The summed E-state index contributed by atoms with van der Waals surface area (Å²) in [6.45, 7) is 2.37. The third-order valence-corrected chi connectivity index (χ3v) is 3.80. The van der Waals surface area contributed by atoms with Gasteiger partial charge in [-0.1, -0.05) is 0 Å². The van der Waals surface area contributed by atoms with Crippen LogP contribution in [0.5, 0.6) is 17.2 Å². The molecule has 0 unspecified atom stereocenters. The number of methoxy groups -OCH3 is 3. The van der Waals surface area contributed by atoms with Crippen LogP contribution in [-0.2, 0) is 6.54 Å². The first-order valence-electron chi connectivity index (χ1n) is 8.32. The van der Waals surface area contributed by atoms with Crippen LogP contribution < -0.4 is 24.8 Å². The number of benzene rings is 1. The molecule has 3 aromatic rings. The molecule has 0 radical (unpaired) electrons. The molecule has 2 aromatic heterocycles. The summed E-state index contributed by atoms with van der Waals surface area (Å²) in [6, 6.07) is 9.19. The fraction of sp³-hybridized carbons (Fsp3) is 0.263. The number of nitrogens with one attached hydrogen (secondary N) is 2. The van der Waals surface area contributed by atoms with Crippen LogP contribution >= 0.6 is 0 Å². The van der Waals surface area contributed by atoms with Crippen LogP contribution in [0.25, 0.3) is 0 Å². The minimum Gasteiger partial charge on any atom is -0.493 e. The average Bonchev–Trinajstić information content (AvgIpc) is 3.18. The highest BCUT2D eigenvalue weighted by atomic mass is 16.5. The van der Waals surface area contributed by atoms with Gasteiger partial charge >= 0.3 is 0 Å². The molecule has 0 saturated carbocycles. The Bertz CT molecular complexity index is 872. The molecule has 0 fully saturated rings. The highest BCUT2D eigenvalue weighted by Crippen LogP contribution is 2.40. The molecule has 8 nitrogen and oxygen atoms in total. The summed E-state index contributed by atoms with van der Waals surface area (Å²) >= 11 is 0. The van der Waals surface area contributed by atoms with Gasteiger partial charge < -0.3 is 29.3 Å². The Morgan fingerprint density at radius 1 is 0.963 bits per heavy atom. The number of aryl methyl sites for hydroxylation is 1. The Labute approximate surface area is 157 Å². The van der Waals surface area contributed by atoms with E-state index in [4.69, 9.17) is 18.6 Å². The normalized spacial score (nSPS) is 10.4. The third-order valence-electron chi connectivity index (χ3n) is 3.80. The van der Waals surface area contributed by atoms with Gasteiger partial charge in [-0.3, -0.25) is 0 Å². The van der Waals surface area contributed by atoms with Gasteiger partial charge in [0.2, 0.25) is 5.75 Å². The van der Waals surface area contributed by atoms with Crippen LogP contribution in [0.2, 0.25) is 0 Å². The maximum Gasteiger partial charge on any atom is 0.203 e. The molecule has 27 heavy (non-hydrogen) atoms. The van der Waals surface area contributed by atoms with Crippen molar-refractivity contribution in [3.63, 3.8) is 0 Å². The molecule has 0 saturated heterocycles. The molecule has 142 valence electrons. The van der Waals surface area contributed by atoms with Gasteiger partial charge in [0.1, 0.15) is 23.2 Å². The Hall–Kier alpha value is -3.42. The minimum absolute atomic E-state index is 0.533. The molecule has 0 aliphatic heterocycles. The van der Waals surface area contributed by atoms with Crippen molar-refractivity contribution in [3.05, 3.63) is 48.2 Å². The summed E-state index contributed by atoms with van der Waals surface area (Å²) in [5, 5.41) is 6.47. The van der Waals surface area contributed by atoms with Gasteiger partial charge in [0.15, 0.2) is 11.5 Å². The predicted octanol–water partition coefficient (Wildman–Crippen LogP) is 3.76. The summed E-state index contributed by atoms with van der Waals surface area (Å²) < 4.78 is 21.4. The van der Waals surface area contributed by atoms with E-state index < -0.39 is 0 Å². The fourth-order valence-corrected chi connectivity index (χ4v) is 2.61. The Morgan fingerprint density at radius 3 is 2.26 bits per heavy atom. The van der Waals surface area contributed by atoms with Crippen molar-refractivity contribution in [2.45, 2.75) is 13.5 Å². The van der Waals surface area contributed by atoms with Gasteiger partial charge in [-0.05, 0) is 19.1 Å². The first-order chi connectivity index (χ1) is 13.1. The standard InChI is InChI=1S/C19H22N4O4/c1-12-21-17(20-11-14-6-5-7-27-14)10-18(22-12)23-13-8-15(24-2)19(26-4)16(9-13)25-3/h5-10H,11H2,1-4H3,(H2,20,21,22,23). The minimum atomic E-state index is 0.533. The second kappa shape index (κ2) is 8.31. The summed E-state index contributed by atoms with van der Waals surface area (Å²) in [4.78, 5) is 8.83. The molecule has 0 aliphatic rings. The van der Waals surface area contributed by atoms with E-state index in [1.165, 1.54) is 0 Å². The van der Waals surface area contributed by atoms with Crippen molar-refractivity contribution in [2.75, 3.05) is 32.0 Å².